The highest BCUT2D eigenvalue weighted by Crippen LogP contribution is 2.67. The molecule has 0 bridgehead atoms. The number of anilines is 1. The van der Waals surface area contributed by atoms with Crippen molar-refractivity contribution < 1.29 is 48.4 Å². The lowest BCUT2D eigenvalue weighted by molar-refractivity contribution is -0.179. The SMILES string of the molecule is COC(=O)C(NC(=O)N1C(=O)C2(c3cc(C#CCCO)ccc31)C(C(=O)N1CCCCCCC1)C1C(=O)OC(c3ccccc3)C(c3ccccc3)N1C2c1ccccc1OCCO)C(C)C. The van der Waals surface area contributed by atoms with E-state index in [-0.39, 0.29) is 37.5 Å². The Hall–Kier alpha value is -6.53. The average Bonchev–Trinajstić information content (AvgIpc) is 3.78. The highest BCUT2D eigenvalue weighted by atomic mass is 16.6. The Bertz CT molecular complexity index is 2520. The van der Waals surface area contributed by atoms with Crippen molar-refractivity contribution in [3.63, 3.8) is 0 Å². The van der Waals surface area contributed by atoms with Crippen LogP contribution in [0.5, 0.6) is 5.75 Å². The van der Waals surface area contributed by atoms with Gasteiger partial charge in [-0.1, -0.05) is 124 Å². The normalized spacial score (nSPS) is 24.1. The first-order valence-electron chi connectivity index (χ1n) is 23.2. The number of carbonyl (C=O) groups excluding carboxylic acids is 5. The molecule has 4 amide bonds. The number of rotatable bonds is 11. The first kappa shape index (κ1) is 47.0. The number of benzene rings is 4. The maximum atomic E-state index is 16.7. The molecule has 0 radical (unpaired) electrons. The predicted octanol–water partition coefficient (Wildman–Crippen LogP) is 6.16. The Morgan fingerprint density at radius 2 is 1.49 bits per heavy atom. The number of carbonyl (C=O) groups is 5. The van der Waals surface area contributed by atoms with Crippen molar-refractivity contribution in [2.45, 2.75) is 88.1 Å². The summed E-state index contributed by atoms with van der Waals surface area (Å²) < 4.78 is 18.0. The largest absolute Gasteiger partial charge is 0.491 e. The predicted molar refractivity (Wildman–Crippen MR) is 248 cm³/mol. The minimum absolute atomic E-state index is 0.110. The zero-order valence-corrected chi connectivity index (χ0v) is 38.1. The molecule has 8 rings (SSSR count). The molecule has 3 fully saturated rings. The Balaban J connectivity index is 1.49. The molecule has 7 unspecified atom stereocenters. The molecule has 4 aromatic rings. The Morgan fingerprint density at radius 3 is 2.15 bits per heavy atom. The topological polar surface area (TPSA) is 175 Å². The number of hydrogen-bond donors (Lipinski definition) is 3. The van der Waals surface area contributed by atoms with Gasteiger partial charge < -0.3 is 34.6 Å². The van der Waals surface area contributed by atoms with Crippen molar-refractivity contribution in [1.82, 2.24) is 15.1 Å². The summed E-state index contributed by atoms with van der Waals surface area (Å²) in [5.41, 5.74) is 0.605. The zero-order valence-electron chi connectivity index (χ0n) is 38.1. The average molecular weight is 911 g/mol. The van der Waals surface area contributed by atoms with Crippen LogP contribution >= 0.6 is 0 Å². The molecule has 1 spiro atoms. The number of aliphatic hydroxyl groups is 2. The molecular weight excluding hydrogens is 853 g/mol. The van der Waals surface area contributed by atoms with Crippen LogP contribution in [0.3, 0.4) is 0 Å². The third kappa shape index (κ3) is 8.68. The van der Waals surface area contributed by atoms with Crippen LogP contribution in [0.2, 0.25) is 0 Å². The van der Waals surface area contributed by atoms with Gasteiger partial charge in [0.2, 0.25) is 11.8 Å². The quantitative estimate of drug-likeness (QED) is 0.116. The van der Waals surface area contributed by atoms with Crippen molar-refractivity contribution in [2.75, 3.05) is 44.9 Å². The first-order chi connectivity index (χ1) is 32.6. The number of para-hydroxylation sites is 1. The summed E-state index contributed by atoms with van der Waals surface area (Å²) in [7, 11) is 1.22. The highest BCUT2D eigenvalue weighted by molar-refractivity contribution is 6.25. The van der Waals surface area contributed by atoms with Gasteiger partial charge in [0.15, 0.2) is 0 Å². The van der Waals surface area contributed by atoms with E-state index >= 15 is 19.2 Å². The second-order valence-corrected chi connectivity index (χ2v) is 17.8. The molecule has 4 aromatic carbocycles. The second-order valence-electron chi connectivity index (χ2n) is 17.8. The van der Waals surface area contributed by atoms with E-state index < -0.39 is 77.3 Å². The van der Waals surface area contributed by atoms with E-state index in [0.29, 0.717) is 48.4 Å². The summed E-state index contributed by atoms with van der Waals surface area (Å²) in [6.07, 6.45) is 3.45. The molecule has 14 nitrogen and oxygen atoms in total. The van der Waals surface area contributed by atoms with Crippen LogP contribution in [0.4, 0.5) is 10.5 Å². The van der Waals surface area contributed by atoms with Crippen LogP contribution in [0, 0.1) is 23.7 Å². The van der Waals surface area contributed by atoms with E-state index in [0.717, 1.165) is 29.7 Å². The fraction of sp³-hybridized carbons (Fsp3) is 0.415. The summed E-state index contributed by atoms with van der Waals surface area (Å²) in [5.74, 6) is 1.76. The maximum absolute atomic E-state index is 16.7. The van der Waals surface area contributed by atoms with E-state index in [1.54, 1.807) is 61.2 Å². The van der Waals surface area contributed by atoms with E-state index in [1.807, 2.05) is 65.6 Å². The van der Waals surface area contributed by atoms with Crippen LogP contribution in [0.15, 0.2) is 103 Å². The lowest BCUT2D eigenvalue weighted by Gasteiger charge is -2.46. The smallest absolute Gasteiger partial charge is 0.329 e. The summed E-state index contributed by atoms with van der Waals surface area (Å²) >= 11 is 0. The van der Waals surface area contributed by atoms with Gasteiger partial charge in [-0.2, -0.15) is 0 Å². The van der Waals surface area contributed by atoms with Crippen molar-refractivity contribution in [3.8, 4) is 17.6 Å². The van der Waals surface area contributed by atoms with Gasteiger partial charge in [-0.05, 0) is 59.7 Å². The van der Waals surface area contributed by atoms with Gasteiger partial charge in [-0.25, -0.2) is 14.5 Å². The van der Waals surface area contributed by atoms with E-state index in [4.69, 9.17) is 14.2 Å². The van der Waals surface area contributed by atoms with Crippen LogP contribution in [-0.2, 0) is 34.1 Å². The van der Waals surface area contributed by atoms with Crippen molar-refractivity contribution in [1.29, 1.82) is 0 Å². The molecule has 4 heterocycles. The molecule has 7 atom stereocenters. The number of ether oxygens (including phenoxy) is 3. The van der Waals surface area contributed by atoms with Gasteiger partial charge in [0.25, 0.3) is 0 Å². The third-order valence-electron chi connectivity index (χ3n) is 13.5. The Morgan fingerprint density at radius 1 is 0.836 bits per heavy atom. The number of morpholine rings is 1. The van der Waals surface area contributed by atoms with E-state index in [9.17, 15) is 15.0 Å². The fourth-order valence-electron chi connectivity index (χ4n) is 10.6. The number of amides is 4. The van der Waals surface area contributed by atoms with E-state index in [2.05, 4.69) is 17.2 Å². The molecule has 3 saturated heterocycles. The van der Waals surface area contributed by atoms with Crippen molar-refractivity contribution >= 4 is 35.5 Å². The van der Waals surface area contributed by atoms with Gasteiger partial charge in [0, 0.05) is 30.6 Å². The van der Waals surface area contributed by atoms with Crippen LogP contribution < -0.4 is 15.0 Å². The van der Waals surface area contributed by atoms with Crippen molar-refractivity contribution in [3.05, 3.63) is 131 Å². The number of methoxy groups -OCH3 is 1. The van der Waals surface area contributed by atoms with Gasteiger partial charge in [-0.3, -0.25) is 19.3 Å². The molecule has 14 heteroatoms. The molecule has 4 aliphatic rings. The lowest BCUT2D eigenvalue weighted by Crippen LogP contribution is -2.58. The van der Waals surface area contributed by atoms with E-state index in [1.165, 1.54) is 7.11 Å². The molecule has 0 saturated carbocycles. The molecule has 3 N–H and O–H groups in total. The highest BCUT2D eigenvalue weighted by Gasteiger charge is 2.76. The molecule has 4 aliphatic heterocycles. The number of urea groups is 1. The van der Waals surface area contributed by atoms with Crippen molar-refractivity contribution in [2.24, 2.45) is 11.8 Å². The van der Waals surface area contributed by atoms with Gasteiger partial charge in [-0.15, -0.1) is 0 Å². The number of esters is 2. The van der Waals surface area contributed by atoms with Crippen LogP contribution in [0.25, 0.3) is 0 Å². The standard InChI is InChI=1S/C53H58N4O10/c1-34(2)43(49(61)65-3)54-52(64)56-40-27-26-35(19-15-18-30-58)33-39(40)53(51(56)63)42(48(60)55-28-16-5-4-6-17-29-55)45-50(62)67-46(37-22-11-8-12-23-37)44(36-20-9-7-10-21-36)57(45)47(53)38-24-13-14-25-41(38)66-32-31-59/h7-14,20-27,33-34,42-47,58-59H,4-6,16-18,28-32H2,1-3H3,(H,54,64). The summed E-state index contributed by atoms with van der Waals surface area (Å²) in [6.45, 7) is 3.63. The van der Waals surface area contributed by atoms with Gasteiger partial charge >= 0.3 is 18.0 Å². The monoisotopic (exact) mass is 910 g/mol. The minimum atomic E-state index is -2.08. The summed E-state index contributed by atoms with van der Waals surface area (Å²) in [4.78, 5) is 81.4. The number of likely N-dealkylation sites (tertiary alicyclic amines) is 1. The maximum Gasteiger partial charge on any atom is 0.329 e. The van der Waals surface area contributed by atoms with Gasteiger partial charge in [0.1, 0.15) is 36.0 Å². The number of fused-ring (bicyclic) bond motifs is 3. The van der Waals surface area contributed by atoms with Gasteiger partial charge in [0.05, 0.1) is 44.0 Å². The summed E-state index contributed by atoms with van der Waals surface area (Å²) in [5, 5.41) is 22.6. The molecule has 67 heavy (non-hydrogen) atoms. The summed E-state index contributed by atoms with van der Waals surface area (Å²) in [6, 6.07) is 25.4. The second kappa shape index (κ2) is 20.5. The number of cyclic esters (lactones) is 1. The Labute approximate surface area is 391 Å². The number of nitrogens with zero attached hydrogens (tertiary/aromatic N) is 3. The lowest BCUT2D eigenvalue weighted by atomic mass is 9.64. The minimum Gasteiger partial charge on any atom is -0.491 e. The number of imide groups is 1. The molecule has 350 valence electrons. The zero-order chi connectivity index (χ0) is 47.2. The number of aliphatic hydroxyl groups excluding tert-OH is 2. The molecule has 0 aromatic heterocycles. The van der Waals surface area contributed by atoms with Crippen LogP contribution in [0.1, 0.15) is 98.4 Å². The van der Waals surface area contributed by atoms with Crippen LogP contribution in [-0.4, -0.2) is 102 Å². The first-order valence-corrected chi connectivity index (χ1v) is 23.2. The number of nitrogens with one attached hydrogen (secondary N) is 1. The molecule has 0 aliphatic carbocycles. The number of hydrogen-bond acceptors (Lipinski definition) is 11. The fourth-order valence-corrected chi connectivity index (χ4v) is 10.6. The third-order valence-corrected chi connectivity index (χ3v) is 13.5. The molecular formula is C53H58N4O10. The Kier molecular flexibility index (Phi) is 14.4.